The van der Waals surface area contributed by atoms with E-state index in [-0.39, 0.29) is 0 Å². The molecule has 0 bridgehead atoms. The van der Waals surface area contributed by atoms with Crippen molar-refractivity contribution in [2.24, 2.45) is 0 Å². The highest BCUT2D eigenvalue weighted by Crippen LogP contribution is 2.27. The summed E-state index contributed by atoms with van der Waals surface area (Å²) in [5, 5.41) is 12.7. The number of hydrogen-bond acceptors (Lipinski definition) is 4. The highest BCUT2D eigenvalue weighted by Gasteiger charge is 2.10. The molecule has 4 heteroatoms. The van der Waals surface area contributed by atoms with Crippen LogP contribution in [0.5, 0.6) is 5.75 Å². The molecule has 0 aliphatic carbocycles. The minimum atomic E-state index is -0.530. The van der Waals surface area contributed by atoms with Crippen molar-refractivity contribution >= 4 is 11.3 Å². The third kappa shape index (κ3) is 3.09. The number of nitrogens with zero attached hydrogens (tertiary/aromatic N) is 1. The van der Waals surface area contributed by atoms with E-state index in [1.165, 1.54) is 0 Å². The summed E-state index contributed by atoms with van der Waals surface area (Å²) in [4.78, 5) is 4.35. The number of ether oxygens (including phenoxy) is 1. The van der Waals surface area contributed by atoms with Gasteiger partial charge in [0.15, 0.2) is 0 Å². The number of benzene rings is 1. The lowest BCUT2D eigenvalue weighted by Crippen LogP contribution is -2.01. The van der Waals surface area contributed by atoms with Gasteiger partial charge in [-0.15, -0.1) is 11.3 Å². The van der Waals surface area contributed by atoms with Crippen LogP contribution in [0.4, 0.5) is 0 Å². The number of aromatic nitrogens is 1. The highest BCUT2D eigenvalue weighted by atomic mass is 32.1. The highest BCUT2D eigenvalue weighted by molar-refractivity contribution is 7.09. The van der Waals surface area contributed by atoms with Gasteiger partial charge in [-0.2, -0.15) is 0 Å². The Kier molecular flexibility index (Phi) is 3.99. The van der Waals surface area contributed by atoms with Crippen molar-refractivity contribution in [1.29, 1.82) is 0 Å². The van der Waals surface area contributed by atoms with E-state index in [9.17, 15) is 5.11 Å². The molecule has 0 spiro atoms. The van der Waals surface area contributed by atoms with E-state index >= 15 is 0 Å². The monoisotopic (exact) mass is 263 g/mol. The number of hydrogen-bond donors (Lipinski definition) is 1. The van der Waals surface area contributed by atoms with Crippen LogP contribution in [0.3, 0.4) is 0 Å². The summed E-state index contributed by atoms with van der Waals surface area (Å²) in [7, 11) is 0. The third-order valence-electron chi connectivity index (χ3n) is 2.63. The fourth-order valence-electron chi connectivity index (χ4n) is 1.73. The molecule has 18 heavy (non-hydrogen) atoms. The summed E-state index contributed by atoms with van der Waals surface area (Å²) in [6, 6.07) is 5.83. The van der Waals surface area contributed by atoms with Gasteiger partial charge in [0.25, 0.3) is 0 Å². The van der Waals surface area contributed by atoms with Crippen molar-refractivity contribution in [1.82, 2.24) is 4.98 Å². The molecule has 0 saturated heterocycles. The molecule has 2 rings (SSSR count). The number of aryl methyl sites for hydroxylation is 2. The molecule has 0 aliphatic heterocycles. The van der Waals surface area contributed by atoms with Crippen LogP contribution in [0.25, 0.3) is 0 Å². The van der Waals surface area contributed by atoms with Gasteiger partial charge in [0, 0.05) is 16.6 Å². The summed E-state index contributed by atoms with van der Waals surface area (Å²) in [5.74, 6) is 0.725. The van der Waals surface area contributed by atoms with E-state index in [1.807, 2.05) is 37.4 Å². The van der Waals surface area contributed by atoms with Crippen LogP contribution in [0, 0.1) is 13.8 Å². The molecule has 0 saturated carbocycles. The SMILES string of the molecule is Cc1ccc(OCc2nc(C)cs2)c(C(C)O)c1. The number of rotatable bonds is 4. The van der Waals surface area contributed by atoms with Crippen LogP contribution in [-0.2, 0) is 6.61 Å². The maximum absolute atomic E-state index is 9.74. The zero-order chi connectivity index (χ0) is 13.1. The molecular formula is C14H17NO2S. The quantitative estimate of drug-likeness (QED) is 0.919. The Morgan fingerprint density at radius 1 is 1.39 bits per heavy atom. The Morgan fingerprint density at radius 2 is 2.17 bits per heavy atom. The molecule has 1 aromatic heterocycles. The molecule has 96 valence electrons. The Hall–Kier alpha value is -1.39. The van der Waals surface area contributed by atoms with Crippen LogP contribution >= 0.6 is 11.3 Å². The first-order chi connectivity index (χ1) is 8.56. The lowest BCUT2D eigenvalue weighted by molar-refractivity contribution is 0.190. The fraction of sp³-hybridized carbons (Fsp3) is 0.357. The first-order valence-corrected chi connectivity index (χ1v) is 6.76. The van der Waals surface area contributed by atoms with Crippen molar-refractivity contribution in [3.63, 3.8) is 0 Å². The molecular weight excluding hydrogens is 246 g/mol. The largest absolute Gasteiger partial charge is 0.486 e. The number of aliphatic hydroxyl groups is 1. The molecule has 1 heterocycles. The van der Waals surface area contributed by atoms with Crippen molar-refractivity contribution in [2.45, 2.75) is 33.5 Å². The normalized spacial score (nSPS) is 12.4. The fourth-order valence-corrected chi connectivity index (χ4v) is 2.42. The second kappa shape index (κ2) is 5.50. The molecule has 1 unspecified atom stereocenters. The van der Waals surface area contributed by atoms with Gasteiger partial charge in [-0.1, -0.05) is 11.6 Å². The predicted octanol–water partition coefficient (Wildman–Crippen LogP) is 3.39. The summed E-state index contributed by atoms with van der Waals surface area (Å²) < 4.78 is 5.74. The second-order valence-electron chi connectivity index (χ2n) is 4.39. The molecule has 1 atom stereocenters. The van der Waals surface area contributed by atoms with Gasteiger partial charge in [0.1, 0.15) is 17.4 Å². The van der Waals surface area contributed by atoms with Crippen LogP contribution in [-0.4, -0.2) is 10.1 Å². The molecule has 3 nitrogen and oxygen atoms in total. The van der Waals surface area contributed by atoms with Crippen molar-refractivity contribution in [2.75, 3.05) is 0 Å². The van der Waals surface area contributed by atoms with Gasteiger partial charge < -0.3 is 9.84 Å². The third-order valence-corrected chi connectivity index (χ3v) is 3.57. The lowest BCUT2D eigenvalue weighted by atomic mass is 10.1. The Labute approximate surface area is 111 Å². The van der Waals surface area contributed by atoms with Gasteiger partial charge >= 0.3 is 0 Å². The van der Waals surface area contributed by atoms with Crippen LogP contribution in [0.2, 0.25) is 0 Å². The maximum Gasteiger partial charge on any atom is 0.140 e. The van der Waals surface area contributed by atoms with Crippen molar-refractivity contribution in [3.05, 3.63) is 45.4 Å². The maximum atomic E-state index is 9.74. The van der Waals surface area contributed by atoms with Gasteiger partial charge in [0.05, 0.1) is 6.10 Å². The molecule has 1 N–H and O–H groups in total. The summed E-state index contributed by atoms with van der Waals surface area (Å²) >= 11 is 1.59. The summed E-state index contributed by atoms with van der Waals surface area (Å²) in [5.41, 5.74) is 2.95. The Bertz CT molecular complexity index is 534. The standard InChI is InChI=1S/C14H17NO2S/c1-9-4-5-13(12(6-9)11(3)16)17-7-14-15-10(2)8-18-14/h4-6,8,11,16H,7H2,1-3H3. The molecule has 1 aromatic carbocycles. The Morgan fingerprint density at radius 3 is 2.78 bits per heavy atom. The number of aliphatic hydroxyl groups excluding tert-OH is 1. The molecule has 2 aromatic rings. The van der Waals surface area contributed by atoms with Crippen molar-refractivity contribution in [3.8, 4) is 5.75 Å². The smallest absolute Gasteiger partial charge is 0.140 e. The lowest BCUT2D eigenvalue weighted by Gasteiger charge is -2.13. The van der Waals surface area contributed by atoms with Crippen LogP contribution in [0.15, 0.2) is 23.6 Å². The molecule has 0 radical (unpaired) electrons. The van der Waals surface area contributed by atoms with E-state index < -0.39 is 6.10 Å². The minimum absolute atomic E-state index is 0.446. The van der Waals surface area contributed by atoms with E-state index in [4.69, 9.17) is 4.74 Å². The zero-order valence-corrected chi connectivity index (χ0v) is 11.6. The average molecular weight is 263 g/mol. The topological polar surface area (TPSA) is 42.4 Å². The predicted molar refractivity (Wildman–Crippen MR) is 73.0 cm³/mol. The minimum Gasteiger partial charge on any atom is -0.486 e. The first-order valence-electron chi connectivity index (χ1n) is 5.88. The van der Waals surface area contributed by atoms with Gasteiger partial charge in [-0.3, -0.25) is 0 Å². The first kappa shape index (κ1) is 13.1. The molecule has 0 aliphatic rings. The van der Waals surface area contributed by atoms with E-state index in [0.29, 0.717) is 6.61 Å². The van der Waals surface area contributed by atoms with E-state index in [1.54, 1.807) is 18.3 Å². The zero-order valence-electron chi connectivity index (χ0n) is 10.8. The summed E-state index contributed by atoms with van der Waals surface area (Å²) in [6.45, 7) is 6.16. The van der Waals surface area contributed by atoms with Gasteiger partial charge in [-0.25, -0.2) is 4.98 Å². The Balaban J connectivity index is 2.13. The van der Waals surface area contributed by atoms with E-state index in [2.05, 4.69) is 4.98 Å². The average Bonchev–Trinajstić information content (AvgIpc) is 2.73. The number of thiazole rings is 1. The molecule has 0 fully saturated rings. The second-order valence-corrected chi connectivity index (χ2v) is 5.33. The van der Waals surface area contributed by atoms with Crippen molar-refractivity contribution < 1.29 is 9.84 Å². The van der Waals surface area contributed by atoms with E-state index in [0.717, 1.165) is 27.6 Å². The van der Waals surface area contributed by atoms with Crippen LogP contribution in [0.1, 0.15) is 34.9 Å². The molecule has 0 amide bonds. The van der Waals surface area contributed by atoms with Crippen LogP contribution < -0.4 is 4.74 Å². The van der Waals surface area contributed by atoms with Gasteiger partial charge in [0.2, 0.25) is 0 Å². The summed E-state index contributed by atoms with van der Waals surface area (Å²) in [6.07, 6.45) is -0.530. The van der Waals surface area contributed by atoms with Gasteiger partial charge in [-0.05, 0) is 32.9 Å².